The average Bonchev–Trinajstić information content (AvgIpc) is 3.12. The number of thioether (sulfide) groups is 2. The summed E-state index contributed by atoms with van der Waals surface area (Å²) >= 11 is 2.96. The van der Waals surface area contributed by atoms with Gasteiger partial charge in [0, 0.05) is 23.1 Å². The Morgan fingerprint density at radius 1 is 1.17 bits per heavy atom. The predicted molar refractivity (Wildman–Crippen MR) is 120 cm³/mol. The van der Waals surface area contributed by atoms with Crippen LogP contribution >= 0.6 is 23.5 Å². The van der Waals surface area contributed by atoms with E-state index in [2.05, 4.69) is 15.5 Å². The Morgan fingerprint density at radius 2 is 1.97 bits per heavy atom. The number of nitrogens with zero attached hydrogens (tertiary/aromatic N) is 3. The Kier molecular flexibility index (Phi) is 7.86. The molecule has 8 nitrogen and oxygen atoms in total. The summed E-state index contributed by atoms with van der Waals surface area (Å²) < 4.78 is 12.3. The standard InChI is InChI=1S/C20H23N5O3S2/c1-27-14-6-5-7-15(12-14)28-13-18-23-24-20(25(18)21)30-11-10-19(26)22-16-8-3-4-9-17(16)29-2/h3-9,12H,10-11,13,21H2,1-2H3,(H,22,26). The monoisotopic (exact) mass is 445 g/mol. The fraction of sp³-hybridized carbons (Fsp3) is 0.250. The van der Waals surface area contributed by atoms with E-state index in [1.54, 1.807) is 24.9 Å². The number of carbonyl (C=O) groups is 1. The van der Waals surface area contributed by atoms with Crippen molar-refractivity contribution >= 4 is 35.1 Å². The van der Waals surface area contributed by atoms with E-state index in [0.29, 0.717) is 34.7 Å². The molecule has 1 amide bonds. The van der Waals surface area contributed by atoms with Crippen molar-refractivity contribution in [3.8, 4) is 11.5 Å². The molecular formula is C20H23N5O3S2. The molecule has 0 aliphatic heterocycles. The molecule has 0 spiro atoms. The normalized spacial score (nSPS) is 10.6. The lowest BCUT2D eigenvalue weighted by molar-refractivity contribution is -0.115. The fourth-order valence-corrected chi connectivity index (χ4v) is 3.91. The zero-order valence-corrected chi connectivity index (χ0v) is 18.3. The zero-order valence-electron chi connectivity index (χ0n) is 16.7. The van der Waals surface area contributed by atoms with Gasteiger partial charge in [-0.25, -0.2) is 4.68 Å². The average molecular weight is 446 g/mol. The molecule has 3 aromatic rings. The van der Waals surface area contributed by atoms with E-state index in [0.717, 1.165) is 10.6 Å². The Hall–Kier alpha value is -2.85. The molecule has 0 atom stereocenters. The summed E-state index contributed by atoms with van der Waals surface area (Å²) in [6.07, 6.45) is 2.31. The number of hydrogen-bond donors (Lipinski definition) is 2. The van der Waals surface area contributed by atoms with Crippen molar-refractivity contribution in [3.05, 3.63) is 54.4 Å². The quantitative estimate of drug-likeness (QED) is 0.361. The second kappa shape index (κ2) is 10.8. The van der Waals surface area contributed by atoms with Crippen LogP contribution in [0, 0.1) is 0 Å². The molecule has 0 radical (unpaired) electrons. The number of nitrogens with one attached hydrogen (secondary N) is 1. The van der Waals surface area contributed by atoms with E-state index in [1.165, 1.54) is 16.4 Å². The van der Waals surface area contributed by atoms with Crippen molar-refractivity contribution in [1.29, 1.82) is 0 Å². The highest BCUT2D eigenvalue weighted by molar-refractivity contribution is 7.99. The fourth-order valence-electron chi connectivity index (χ4n) is 2.54. The van der Waals surface area contributed by atoms with Gasteiger partial charge >= 0.3 is 0 Å². The summed E-state index contributed by atoms with van der Waals surface area (Å²) in [7, 11) is 1.60. The predicted octanol–water partition coefficient (Wildman–Crippen LogP) is 3.42. The molecule has 0 aliphatic carbocycles. The molecule has 0 bridgehead atoms. The van der Waals surface area contributed by atoms with Gasteiger partial charge in [0.05, 0.1) is 12.8 Å². The van der Waals surface area contributed by atoms with E-state index in [1.807, 2.05) is 48.7 Å². The van der Waals surface area contributed by atoms with Crippen molar-refractivity contribution in [2.75, 3.05) is 30.3 Å². The largest absolute Gasteiger partial charge is 0.497 e. The number of amides is 1. The lowest BCUT2D eigenvalue weighted by Crippen LogP contribution is -2.16. The number of benzene rings is 2. The van der Waals surface area contributed by atoms with Crippen molar-refractivity contribution in [3.63, 3.8) is 0 Å². The minimum atomic E-state index is -0.0614. The van der Waals surface area contributed by atoms with Crippen LogP contribution in [-0.4, -0.2) is 39.9 Å². The van der Waals surface area contributed by atoms with E-state index < -0.39 is 0 Å². The van der Waals surface area contributed by atoms with Crippen molar-refractivity contribution in [1.82, 2.24) is 14.9 Å². The van der Waals surface area contributed by atoms with Crippen LogP contribution in [-0.2, 0) is 11.4 Å². The summed E-state index contributed by atoms with van der Waals surface area (Å²) in [5, 5.41) is 11.6. The van der Waals surface area contributed by atoms with E-state index in [9.17, 15) is 4.79 Å². The lowest BCUT2D eigenvalue weighted by atomic mass is 10.3. The Labute approximate surface area is 183 Å². The Balaban J connectivity index is 1.48. The van der Waals surface area contributed by atoms with E-state index in [-0.39, 0.29) is 12.5 Å². The number of nitrogens with two attached hydrogens (primary N) is 1. The molecule has 0 fully saturated rings. The minimum absolute atomic E-state index is 0.0614. The number of aromatic nitrogens is 3. The molecule has 10 heteroatoms. The highest BCUT2D eigenvalue weighted by Crippen LogP contribution is 2.25. The first-order valence-corrected chi connectivity index (χ1v) is 11.3. The third kappa shape index (κ3) is 5.83. The van der Waals surface area contributed by atoms with Crippen molar-refractivity contribution in [2.24, 2.45) is 0 Å². The van der Waals surface area contributed by atoms with Gasteiger partial charge in [-0.05, 0) is 30.5 Å². The molecule has 1 heterocycles. The van der Waals surface area contributed by atoms with Gasteiger partial charge in [-0.3, -0.25) is 4.79 Å². The molecule has 3 N–H and O–H groups in total. The third-order valence-electron chi connectivity index (χ3n) is 4.09. The van der Waals surface area contributed by atoms with Gasteiger partial charge in [0.15, 0.2) is 5.82 Å². The summed E-state index contributed by atoms with van der Waals surface area (Å²) in [4.78, 5) is 13.3. The summed E-state index contributed by atoms with van der Waals surface area (Å²) in [5.41, 5.74) is 0.818. The number of methoxy groups -OCH3 is 1. The molecular weight excluding hydrogens is 422 g/mol. The first-order valence-electron chi connectivity index (χ1n) is 9.12. The first-order chi connectivity index (χ1) is 14.6. The molecule has 3 rings (SSSR count). The molecule has 2 aromatic carbocycles. The minimum Gasteiger partial charge on any atom is -0.497 e. The second-order valence-corrected chi connectivity index (χ2v) is 7.99. The second-order valence-electron chi connectivity index (χ2n) is 6.08. The highest BCUT2D eigenvalue weighted by atomic mass is 32.2. The third-order valence-corrected chi connectivity index (χ3v) is 5.83. The van der Waals surface area contributed by atoms with Gasteiger partial charge in [-0.2, -0.15) is 0 Å². The molecule has 1 aromatic heterocycles. The number of hydrogen-bond acceptors (Lipinski definition) is 8. The topological polar surface area (TPSA) is 104 Å². The van der Waals surface area contributed by atoms with E-state index in [4.69, 9.17) is 15.3 Å². The van der Waals surface area contributed by atoms with Gasteiger partial charge in [-0.15, -0.1) is 22.0 Å². The van der Waals surface area contributed by atoms with Crippen molar-refractivity contribution < 1.29 is 14.3 Å². The maximum atomic E-state index is 12.2. The van der Waals surface area contributed by atoms with Gasteiger partial charge in [0.25, 0.3) is 0 Å². The van der Waals surface area contributed by atoms with Crippen LogP contribution < -0.4 is 20.6 Å². The molecule has 158 valence electrons. The number of nitrogen functional groups attached to an aromatic ring is 1. The van der Waals surface area contributed by atoms with Crippen molar-refractivity contribution in [2.45, 2.75) is 23.1 Å². The zero-order chi connectivity index (χ0) is 21.3. The number of anilines is 1. The molecule has 0 aliphatic rings. The van der Waals surface area contributed by atoms with Crippen LogP contribution in [0.5, 0.6) is 11.5 Å². The van der Waals surface area contributed by atoms with Crippen LogP contribution in [0.4, 0.5) is 5.69 Å². The maximum Gasteiger partial charge on any atom is 0.225 e. The number of rotatable bonds is 10. The van der Waals surface area contributed by atoms with Crippen LogP contribution in [0.1, 0.15) is 12.2 Å². The number of carbonyl (C=O) groups excluding carboxylic acids is 1. The highest BCUT2D eigenvalue weighted by Gasteiger charge is 2.12. The first kappa shape index (κ1) is 21.8. The van der Waals surface area contributed by atoms with Crippen LogP contribution in [0.25, 0.3) is 0 Å². The molecule has 0 unspecified atom stereocenters. The van der Waals surface area contributed by atoms with E-state index >= 15 is 0 Å². The van der Waals surface area contributed by atoms with Gasteiger partial charge in [-0.1, -0.05) is 30.0 Å². The van der Waals surface area contributed by atoms with Crippen LogP contribution in [0.15, 0.2) is 58.6 Å². The summed E-state index contributed by atoms with van der Waals surface area (Å²) in [6.45, 7) is 0.170. The van der Waals surface area contributed by atoms with Gasteiger partial charge in [0.2, 0.25) is 11.1 Å². The Bertz CT molecular complexity index is 996. The molecule has 0 saturated carbocycles. The number of para-hydroxylation sites is 1. The van der Waals surface area contributed by atoms with Crippen LogP contribution in [0.2, 0.25) is 0 Å². The van der Waals surface area contributed by atoms with Gasteiger partial charge < -0.3 is 20.6 Å². The molecule has 0 saturated heterocycles. The molecule has 30 heavy (non-hydrogen) atoms. The van der Waals surface area contributed by atoms with Gasteiger partial charge in [0.1, 0.15) is 18.1 Å². The Morgan fingerprint density at radius 3 is 2.77 bits per heavy atom. The summed E-state index contributed by atoms with van der Waals surface area (Å²) in [6, 6.07) is 15.0. The summed E-state index contributed by atoms with van der Waals surface area (Å²) in [5.74, 6) is 8.37. The maximum absolute atomic E-state index is 12.2. The smallest absolute Gasteiger partial charge is 0.225 e. The number of ether oxygens (including phenoxy) is 2. The lowest BCUT2D eigenvalue weighted by Gasteiger charge is -2.09. The SMILES string of the molecule is COc1cccc(OCc2nnc(SCCC(=O)Nc3ccccc3SC)n2N)c1. The van der Waals surface area contributed by atoms with Crippen LogP contribution in [0.3, 0.4) is 0 Å².